The van der Waals surface area contributed by atoms with E-state index >= 15 is 0 Å². The Morgan fingerprint density at radius 2 is 2.06 bits per heavy atom. The molecular formula is C15H21NO. The first-order valence-electron chi connectivity index (χ1n) is 6.56. The number of unbranched alkanes of at least 4 members (excludes halogenated alkanes) is 1. The van der Waals surface area contributed by atoms with Gasteiger partial charge < -0.3 is 9.73 Å². The zero-order chi connectivity index (χ0) is 12.1. The maximum absolute atomic E-state index is 5.62. The van der Waals surface area contributed by atoms with Crippen molar-refractivity contribution in [1.29, 1.82) is 0 Å². The average molecular weight is 231 g/mol. The molecule has 0 aliphatic heterocycles. The van der Waals surface area contributed by atoms with Crippen LogP contribution in [-0.4, -0.2) is 6.54 Å². The van der Waals surface area contributed by atoms with Crippen molar-refractivity contribution in [2.45, 2.75) is 39.2 Å². The van der Waals surface area contributed by atoms with Crippen molar-refractivity contribution in [3.63, 3.8) is 0 Å². The third-order valence-corrected chi connectivity index (χ3v) is 3.18. The normalized spacial score (nSPS) is 13.1. The summed E-state index contributed by atoms with van der Waals surface area (Å²) in [6, 6.07) is 8.68. The lowest BCUT2D eigenvalue weighted by Gasteiger charge is -2.16. The second kappa shape index (κ2) is 5.87. The molecule has 0 amide bonds. The Hall–Kier alpha value is -1.28. The standard InChI is InChI=1S/C15H21NO/c1-3-5-9-14(16-4-2)13-11-17-15-10-7-6-8-12(13)15/h6-8,10-11,14,16H,3-5,9H2,1-2H3. The molecule has 17 heavy (non-hydrogen) atoms. The van der Waals surface area contributed by atoms with Crippen molar-refractivity contribution in [1.82, 2.24) is 5.32 Å². The average Bonchev–Trinajstić information content (AvgIpc) is 2.78. The molecule has 0 spiro atoms. The number of rotatable bonds is 6. The molecule has 1 unspecified atom stereocenters. The fraction of sp³-hybridized carbons (Fsp3) is 0.467. The van der Waals surface area contributed by atoms with E-state index < -0.39 is 0 Å². The second-order valence-electron chi connectivity index (χ2n) is 4.44. The molecule has 0 fully saturated rings. The third kappa shape index (κ3) is 2.70. The molecule has 0 bridgehead atoms. The summed E-state index contributed by atoms with van der Waals surface area (Å²) >= 11 is 0. The number of nitrogens with one attached hydrogen (secondary N) is 1. The highest BCUT2D eigenvalue weighted by molar-refractivity contribution is 5.81. The molecule has 1 N–H and O–H groups in total. The fourth-order valence-corrected chi connectivity index (χ4v) is 2.29. The molecule has 0 saturated heterocycles. The second-order valence-corrected chi connectivity index (χ2v) is 4.44. The van der Waals surface area contributed by atoms with Gasteiger partial charge in [-0.1, -0.05) is 44.9 Å². The molecule has 1 aromatic heterocycles. The lowest BCUT2D eigenvalue weighted by Crippen LogP contribution is -2.20. The van der Waals surface area contributed by atoms with Crippen LogP contribution in [0.4, 0.5) is 0 Å². The Labute approximate surface area is 103 Å². The minimum atomic E-state index is 0.420. The summed E-state index contributed by atoms with van der Waals surface area (Å²) in [6.45, 7) is 5.38. The maximum atomic E-state index is 5.62. The van der Waals surface area contributed by atoms with Crippen LogP contribution >= 0.6 is 0 Å². The molecule has 2 rings (SSSR count). The molecule has 2 nitrogen and oxygen atoms in total. The van der Waals surface area contributed by atoms with Gasteiger partial charge in [-0.05, 0) is 19.0 Å². The molecule has 0 radical (unpaired) electrons. The van der Waals surface area contributed by atoms with E-state index in [9.17, 15) is 0 Å². The van der Waals surface area contributed by atoms with Gasteiger partial charge in [0.25, 0.3) is 0 Å². The van der Waals surface area contributed by atoms with Crippen molar-refractivity contribution in [3.05, 3.63) is 36.1 Å². The van der Waals surface area contributed by atoms with Crippen LogP contribution in [0.5, 0.6) is 0 Å². The summed E-state index contributed by atoms with van der Waals surface area (Å²) in [6.07, 6.45) is 5.57. The van der Waals surface area contributed by atoms with Gasteiger partial charge >= 0.3 is 0 Å². The van der Waals surface area contributed by atoms with Crippen molar-refractivity contribution in [2.24, 2.45) is 0 Å². The van der Waals surface area contributed by atoms with Gasteiger partial charge in [-0.25, -0.2) is 0 Å². The molecule has 1 aromatic carbocycles. The van der Waals surface area contributed by atoms with Gasteiger partial charge in [0.15, 0.2) is 0 Å². The van der Waals surface area contributed by atoms with E-state index in [1.165, 1.54) is 30.2 Å². The maximum Gasteiger partial charge on any atom is 0.134 e. The number of hydrogen-bond donors (Lipinski definition) is 1. The summed E-state index contributed by atoms with van der Waals surface area (Å²) < 4.78 is 5.62. The third-order valence-electron chi connectivity index (χ3n) is 3.18. The van der Waals surface area contributed by atoms with Crippen LogP contribution in [0.1, 0.15) is 44.7 Å². The molecule has 1 heterocycles. The van der Waals surface area contributed by atoms with Gasteiger partial charge in [0.1, 0.15) is 5.58 Å². The number of hydrogen-bond acceptors (Lipinski definition) is 2. The van der Waals surface area contributed by atoms with Gasteiger partial charge in [-0.15, -0.1) is 0 Å². The van der Waals surface area contributed by atoms with Crippen molar-refractivity contribution in [2.75, 3.05) is 6.54 Å². The van der Waals surface area contributed by atoms with E-state index in [0.29, 0.717) is 6.04 Å². The number of furan rings is 1. The predicted molar refractivity (Wildman–Crippen MR) is 72.2 cm³/mol. The lowest BCUT2D eigenvalue weighted by molar-refractivity contribution is 0.488. The smallest absolute Gasteiger partial charge is 0.134 e. The Morgan fingerprint density at radius 3 is 2.82 bits per heavy atom. The molecule has 2 aromatic rings. The summed E-state index contributed by atoms with van der Waals surface area (Å²) in [4.78, 5) is 0. The quantitative estimate of drug-likeness (QED) is 0.803. The van der Waals surface area contributed by atoms with Crippen molar-refractivity contribution >= 4 is 11.0 Å². The van der Waals surface area contributed by atoms with Gasteiger partial charge in [0.05, 0.1) is 6.26 Å². The van der Waals surface area contributed by atoms with E-state index in [0.717, 1.165) is 12.1 Å². The zero-order valence-corrected chi connectivity index (χ0v) is 10.7. The summed E-state index contributed by atoms with van der Waals surface area (Å²) in [5.41, 5.74) is 2.29. The van der Waals surface area contributed by atoms with Gasteiger partial charge in [-0.2, -0.15) is 0 Å². The highest BCUT2D eigenvalue weighted by Gasteiger charge is 2.15. The molecular weight excluding hydrogens is 210 g/mol. The Morgan fingerprint density at radius 1 is 1.24 bits per heavy atom. The van der Waals surface area contributed by atoms with Crippen LogP contribution in [0.2, 0.25) is 0 Å². The minimum absolute atomic E-state index is 0.420. The first-order valence-corrected chi connectivity index (χ1v) is 6.56. The number of para-hydroxylation sites is 1. The summed E-state index contributed by atoms with van der Waals surface area (Å²) in [7, 11) is 0. The monoisotopic (exact) mass is 231 g/mol. The summed E-state index contributed by atoms with van der Waals surface area (Å²) in [5, 5.41) is 4.80. The lowest BCUT2D eigenvalue weighted by atomic mass is 10.0. The molecule has 92 valence electrons. The largest absolute Gasteiger partial charge is 0.464 e. The van der Waals surface area contributed by atoms with Gasteiger partial charge in [-0.3, -0.25) is 0 Å². The van der Waals surface area contributed by atoms with Crippen LogP contribution in [0.3, 0.4) is 0 Å². The predicted octanol–water partition coefficient (Wildman–Crippen LogP) is 4.27. The first-order chi connectivity index (χ1) is 8.36. The zero-order valence-electron chi connectivity index (χ0n) is 10.7. The van der Waals surface area contributed by atoms with Gasteiger partial charge in [0.2, 0.25) is 0 Å². The van der Waals surface area contributed by atoms with E-state index in [4.69, 9.17) is 4.42 Å². The Bertz CT molecular complexity index is 461. The highest BCUT2D eigenvalue weighted by Crippen LogP contribution is 2.29. The number of fused-ring (bicyclic) bond motifs is 1. The minimum Gasteiger partial charge on any atom is -0.464 e. The topological polar surface area (TPSA) is 25.2 Å². The molecule has 1 atom stereocenters. The molecule has 0 aliphatic rings. The highest BCUT2D eigenvalue weighted by atomic mass is 16.3. The molecule has 2 heteroatoms. The van der Waals surface area contributed by atoms with E-state index in [2.05, 4.69) is 31.3 Å². The summed E-state index contributed by atoms with van der Waals surface area (Å²) in [5.74, 6) is 0. The van der Waals surface area contributed by atoms with Crippen LogP contribution in [-0.2, 0) is 0 Å². The van der Waals surface area contributed by atoms with Gasteiger partial charge in [0, 0.05) is 17.0 Å². The Kier molecular flexibility index (Phi) is 4.21. The van der Waals surface area contributed by atoms with Crippen LogP contribution < -0.4 is 5.32 Å². The van der Waals surface area contributed by atoms with Crippen molar-refractivity contribution < 1.29 is 4.42 Å². The Balaban J connectivity index is 2.27. The first kappa shape index (κ1) is 12.2. The van der Waals surface area contributed by atoms with E-state index in [1.807, 2.05) is 18.4 Å². The van der Waals surface area contributed by atoms with E-state index in [-0.39, 0.29) is 0 Å². The van der Waals surface area contributed by atoms with Crippen LogP contribution in [0.25, 0.3) is 11.0 Å². The van der Waals surface area contributed by atoms with Crippen LogP contribution in [0.15, 0.2) is 34.9 Å². The molecule has 0 aliphatic carbocycles. The van der Waals surface area contributed by atoms with Crippen LogP contribution in [0, 0.1) is 0 Å². The molecule has 0 saturated carbocycles. The van der Waals surface area contributed by atoms with Crippen molar-refractivity contribution in [3.8, 4) is 0 Å². The number of benzene rings is 1. The SMILES string of the molecule is CCCCC(NCC)c1coc2ccccc12. The van der Waals surface area contributed by atoms with E-state index in [1.54, 1.807) is 0 Å². The fourth-order valence-electron chi connectivity index (χ4n) is 2.29.